The minimum Gasteiger partial charge on any atom is -0.342 e. The van der Waals surface area contributed by atoms with Crippen LogP contribution in [0.2, 0.25) is 10.0 Å². The highest BCUT2D eigenvalue weighted by molar-refractivity contribution is 6.31. The number of halogens is 3. The maximum absolute atomic E-state index is 6.07. The van der Waals surface area contributed by atoms with Gasteiger partial charge in [-0.1, -0.05) is 23.2 Å². The largest absolute Gasteiger partial charge is 0.342 e. The van der Waals surface area contributed by atoms with E-state index in [-0.39, 0.29) is 12.4 Å². The first kappa shape index (κ1) is 14.5. The second kappa shape index (κ2) is 5.06. The molecular formula is C16H11Cl3N2. The van der Waals surface area contributed by atoms with E-state index in [2.05, 4.69) is 15.6 Å². The fraction of sp³-hybridized carbons (Fsp3) is 0.0625. The number of hydrogen-bond acceptors (Lipinski definition) is 1. The lowest BCUT2D eigenvalue weighted by Gasteiger charge is -2.12. The highest BCUT2D eigenvalue weighted by Gasteiger charge is 2.16. The molecule has 2 aromatic carbocycles. The molecule has 0 saturated heterocycles. The van der Waals surface area contributed by atoms with Gasteiger partial charge in [0.25, 0.3) is 0 Å². The van der Waals surface area contributed by atoms with E-state index in [1.54, 1.807) is 0 Å². The fourth-order valence-electron chi connectivity index (χ4n) is 2.79. The zero-order valence-electron chi connectivity index (χ0n) is 11.1. The number of hydrogen-bond donors (Lipinski definition) is 0. The molecule has 0 aromatic heterocycles. The van der Waals surface area contributed by atoms with Crippen LogP contribution in [0.15, 0.2) is 42.5 Å². The molecule has 2 aromatic rings. The quantitative estimate of drug-likeness (QED) is 0.411. The smallest absolute Gasteiger partial charge is 0.0887 e. The van der Waals surface area contributed by atoms with E-state index in [9.17, 15) is 0 Å². The van der Waals surface area contributed by atoms with Gasteiger partial charge in [-0.05, 0) is 42.5 Å². The highest BCUT2D eigenvalue weighted by Crippen LogP contribution is 2.35. The molecule has 2 heterocycles. The summed E-state index contributed by atoms with van der Waals surface area (Å²) in [4.78, 5) is 4.67. The van der Waals surface area contributed by atoms with Crippen molar-refractivity contribution in [3.63, 3.8) is 0 Å². The molecule has 4 rings (SSSR count). The highest BCUT2D eigenvalue weighted by atomic mass is 35.5. The SMILES string of the molecule is Cl.Cn1c2c3ccc(Cl)cc3nc-2cc2cc(Cl)ccc21. The molecule has 21 heavy (non-hydrogen) atoms. The summed E-state index contributed by atoms with van der Waals surface area (Å²) in [5, 5.41) is 3.64. The Morgan fingerprint density at radius 2 is 1.67 bits per heavy atom. The van der Waals surface area contributed by atoms with Crippen molar-refractivity contribution in [2.75, 3.05) is 0 Å². The standard InChI is InChI=1S/C16H10Cl2N2.ClH/c1-20-15-5-3-10(17)6-9(15)7-14-16(20)12-4-2-11(18)8-13(12)19-14;/h2-8H,1H3;1H. The lowest BCUT2D eigenvalue weighted by atomic mass is 10.1. The Morgan fingerprint density at radius 1 is 0.952 bits per heavy atom. The molecule has 0 amide bonds. The van der Waals surface area contributed by atoms with E-state index in [1.807, 2.05) is 43.4 Å². The molecule has 0 aliphatic carbocycles. The van der Waals surface area contributed by atoms with Crippen LogP contribution in [0.4, 0.5) is 0 Å². The van der Waals surface area contributed by atoms with Crippen LogP contribution in [-0.4, -0.2) is 9.55 Å². The molecule has 2 aliphatic rings. The molecule has 0 atom stereocenters. The Kier molecular flexibility index (Phi) is 3.48. The monoisotopic (exact) mass is 336 g/mol. The zero-order valence-corrected chi connectivity index (χ0v) is 13.4. The second-order valence-corrected chi connectivity index (χ2v) is 5.79. The van der Waals surface area contributed by atoms with Gasteiger partial charge < -0.3 is 4.57 Å². The summed E-state index contributed by atoms with van der Waals surface area (Å²) in [6, 6.07) is 13.8. The van der Waals surface area contributed by atoms with Crippen molar-refractivity contribution in [1.82, 2.24) is 9.55 Å². The van der Waals surface area contributed by atoms with Gasteiger partial charge in [-0.3, -0.25) is 0 Å². The molecule has 2 nitrogen and oxygen atoms in total. The topological polar surface area (TPSA) is 17.8 Å². The van der Waals surface area contributed by atoms with E-state index in [0.717, 1.165) is 38.2 Å². The van der Waals surface area contributed by atoms with E-state index >= 15 is 0 Å². The first-order valence-electron chi connectivity index (χ1n) is 6.27. The summed E-state index contributed by atoms with van der Waals surface area (Å²) in [6.07, 6.45) is 0. The van der Waals surface area contributed by atoms with Crippen molar-refractivity contribution in [3.05, 3.63) is 52.5 Å². The van der Waals surface area contributed by atoms with Gasteiger partial charge in [-0.25, -0.2) is 4.98 Å². The molecule has 0 fully saturated rings. The predicted octanol–water partition coefficient (Wildman–Crippen LogP) is 5.56. The number of aryl methyl sites for hydroxylation is 1. The van der Waals surface area contributed by atoms with Gasteiger partial charge in [0.05, 0.1) is 16.9 Å². The van der Waals surface area contributed by atoms with Crippen molar-refractivity contribution >= 4 is 57.4 Å². The van der Waals surface area contributed by atoms with E-state index < -0.39 is 0 Å². The lowest BCUT2D eigenvalue weighted by Crippen LogP contribution is -1.98. The molecule has 5 heteroatoms. The second-order valence-electron chi connectivity index (χ2n) is 4.91. The van der Waals surface area contributed by atoms with E-state index in [4.69, 9.17) is 23.2 Å². The van der Waals surface area contributed by atoms with Crippen LogP contribution in [0.25, 0.3) is 33.2 Å². The molecule has 0 spiro atoms. The minimum absolute atomic E-state index is 0. The predicted molar refractivity (Wildman–Crippen MR) is 92.1 cm³/mol. The van der Waals surface area contributed by atoms with Gasteiger partial charge in [0, 0.05) is 33.4 Å². The molecule has 0 unspecified atom stereocenters. The molecule has 0 radical (unpaired) electrons. The Bertz CT molecular complexity index is 943. The Labute approximate surface area is 138 Å². The summed E-state index contributed by atoms with van der Waals surface area (Å²) >= 11 is 12.1. The molecule has 2 aliphatic heterocycles. The minimum atomic E-state index is 0. The van der Waals surface area contributed by atoms with Crippen molar-refractivity contribution in [2.45, 2.75) is 0 Å². The summed E-state index contributed by atoms with van der Waals surface area (Å²) in [5.41, 5.74) is 4.13. The Hall–Kier alpha value is -1.48. The van der Waals surface area contributed by atoms with Gasteiger partial charge in [0.2, 0.25) is 0 Å². The van der Waals surface area contributed by atoms with Crippen molar-refractivity contribution < 1.29 is 0 Å². The summed E-state index contributed by atoms with van der Waals surface area (Å²) < 4.78 is 2.16. The summed E-state index contributed by atoms with van der Waals surface area (Å²) in [6.45, 7) is 0. The van der Waals surface area contributed by atoms with Crippen LogP contribution in [0.3, 0.4) is 0 Å². The third-order valence-electron chi connectivity index (χ3n) is 3.68. The Balaban J connectivity index is 0.00000132. The third kappa shape index (κ3) is 2.15. The normalized spacial score (nSPS) is 11.2. The molecule has 106 valence electrons. The van der Waals surface area contributed by atoms with Gasteiger partial charge in [-0.2, -0.15) is 0 Å². The van der Waals surface area contributed by atoms with Crippen molar-refractivity contribution in [1.29, 1.82) is 0 Å². The molecule has 0 bridgehead atoms. The van der Waals surface area contributed by atoms with E-state index in [1.165, 1.54) is 0 Å². The van der Waals surface area contributed by atoms with Crippen LogP contribution in [0, 0.1) is 0 Å². The van der Waals surface area contributed by atoms with Crippen LogP contribution in [-0.2, 0) is 7.05 Å². The average Bonchev–Trinajstić information content (AvgIpc) is 2.75. The number of aromatic nitrogens is 2. The lowest BCUT2D eigenvalue weighted by molar-refractivity contribution is 0.967. The number of fused-ring (bicyclic) bond motifs is 4. The van der Waals surface area contributed by atoms with Crippen LogP contribution in [0.5, 0.6) is 0 Å². The number of benzene rings is 2. The number of nitrogens with zero attached hydrogens (tertiary/aromatic N) is 2. The van der Waals surface area contributed by atoms with Gasteiger partial charge in [0.1, 0.15) is 0 Å². The van der Waals surface area contributed by atoms with Gasteiger partial charge in [-0.15, -0.1) is 12.4 Å². The van der Waals surface area contributed by atoms with E-state index in [0.29, 0.717) is 5.02 Å². The molecule has 0 N–H and O–H groups in total. The van der Waals surface area contributed by atoms with Crippen LogP contribution >= 0.6 is 35.6 Å². The number of rotatable bonds is 0. The Morgan fingerprint density at radius 3 is 2.48 bits per heavy atom. The maximum atomic E-state index is 6.07. The van der Waals surface area contributed by atoms with Crippen molar-refractivity contribution in [3.8, 4) is 11.4 Å². The van der Waals surface area contributed by atoms with Crippen LogP contribution < -0.4 is 0 Å². The summed E-state index contributed by atoms with van der Waals surface area (Å²) in [7, 11) is 2.05. The average molecular weight is 338 g/mol. The fourth-order valence-corrected chi connectivity index (χ4v) is 3.13. The molecular weight excluding hydrogens is 327 g/mol. The third-order valence-corrected chi connectivity index (χ3v) is 4.15. The first-order valence-corrected chi connectivity index (χ1v) is 7.03. The first-order chi connectivity index (χ1) is 9.63. The van der Waals surface area contributed by atoms with Gasteiger partial charge in [0.15, 0.2) is 0 Å². The summed E-state index contributed by atoms with van der Waals surface area (Å²) in [5.74, 6) is 0. The number of pyridine rings is 1. The zero-order chi connectivity index (χ0) is 13.9. The van der Waals surface area contributed by atoms with Crippen molar-refractivity contribution in [2.24, 2.45) is 7.05 Å². The van der Waals surface area contributed by atoms with Crippen LogP contribution in [0.1, 0.15) is 0 Å². The van der Waals surface area contributed by atoms with Gasteiger partial charge >= 0.3 is 0 Å². The molecule has 0 saturated carbocycles. The maximum Gasteiger partial charge on any atom is 0.0887 e.